The van der Waals surface area contributed by atoms with Crippen LogP contribution < -0.4 is 5.32 Å². The Kier molecular flexibility index (Phi) is 4.77. The molecule has 1 saturated heterocycles. The van der Waals surface area contributed by atoms with E-state index in [0.29, 0.717) is 10.7 Å². The third-order valence-electron chi connectivity index (χ3n) is 4.62. The monoisotopic (exact) mass is 369 g/mol. The number of hydrogen-bond donors (Lipinski definition) is 1. The highest BCUT2D eigenvalue weighted by molar-refractivity contribution is 7.13. The van der Waals surface area contributed by atoms with Gasteiger partial charge in [-0.2, -0.15) is 0 Å². The van der Waals surface area contributed by atoms with Crippen LogP contribution in [0.25, 0.3) is 0 Å². The number of thiazole rings is 1. The fourth-order valence-electron chi connectivity index (χ4n) is 3.32. The molecule has 1 unspecified atom stereocenters. The van der Waals surface area contributed by atoms with E-state index in [1.807, 2.05) is 36.6 Å². The van der Waals surface area contributed by atoms with Gasteiger partial charge in [0.15, 0.2) is 5.13 Å². The maximum atomic E-state index is 12.2. The van der Waals surface area contributed by atoms with Crippen molar-refractivity contribution in [2.45, 2.75) is 32.4 Å². The molecule has 1 N–H and O–H groups in total. The molecule has 0 aliphatic carbocycles. The van der Waals surface area contributed by atoms with E-state index in [1.165, 1.54) is 11.3 Å². The Balaban J connectivity index is 1.42. The third kappa shape index (κ3) is 3.51. The van der Waals surface area contributed by atoms with Crippen LogP contribution in [0.5, 0.6) is 0 Å². The Hall–Kier alpha value is -2.58. The summed E-state index contributed by atoms with van der Waals surface area (Å²) in [5.41, 5.74) is 3.58. The Bertz CT molecular complexity index is 875. The highest BCUT2D eigenvalue weighted by Crippen LogP contribution is 2.33. The third-order valence-corrected chi connectivity index (χ3v) is 5.31. The van der Waals surface area contributed by atoms with Crippen molar-refractivity contribution < 1.29 is 9.42 Å². The van der Waals surface area contributed by atoms with Crippen LogP contribution in [-0.4, -0.2) is 32.6 Å². The standard InChI is InChI=1S/C18H19N5O2S/c1-12-16(22-25-21-12)15-3-2-9-23(15)11-13-4-6-14(7-5-13)17(24)20-18-19-8-10-26-18/h4-8,10,15H,2-3,9,11H2,1H3,(H,19,20,24). The number of likely N-dealkylation sites (tertiary alicyclic amines) is 1. The smallest absolute Gasteiger partial charge is 0.257 e. The van der Waals surface area contributed by atoms with Gasteiger partial charge in [-0.3, -0.25) is 15.0 Å². The van der Waals surface area contributed by atoms with Crippen molar-refractivity contribution in [1.82, 2.24) is 20.2 Å². The predicted octanol–water partition coefficient (Wildman–Crippen LogP) is 3.42. The molecule has 3 heterocycles. The minimum atomic E-state index is -0.144. The fraction of sp³-hybridized carbons (Fsp3) is 0.333. The summed E-state index contributed by atoms with van der Waals surface area (Å²) in [7, 11) is 0. The van der Waals surface area contributed by atoms with Crippen LogP contribution in [0.4, 0.5) is 5.13 Å². The lowest BCUT2D eigenvalue weighted by molar-refractivity contribution is 0.102. The molecule has 0 radical (unpaired) electrons. The first-order valence-electron chi connectivity index (χ1n) is 8.53. The maximum Gasteiger partial charge on any atom is 0.257 e. The summed E-state index contributed by atoms with van der Waals surface area (Å²) in [6, 6.07) is 7.95. The Morgan fingerprint density at radius 3 is 2.88 bits per heavy atom. The molecule has 1 amide bonds. The van der Waals surface area contributed by atoms with Crippen molar-refractivity contribution in [1.29, 1.82) is 0 Å². The summed E-state index contributed by atoms with van der Waals surface area (Å²) in [6.45, 7) is 3.76. The zero-order chi connectivity index (χ0) is 17.9. The van der Waals surface area contributed by atoms with Gasteiger partial charge in [0.25, 0.3) is 5.91 Å². The molecule has 134 valence electrons. The molecule has 0 saturated carbocycles. The predicted molar refractivity (Wildman–Crippen MR) is 97.9 cm³/mol. The summed E-state index contributed by atoms with van der Waals surface area (Å²) >= 11 is 1.40. The second-order valence-electron chi connectivity index (χ2n) is 6.35. The number of rotatable bonds is 5. The van der Waals surface area contributed by atoms with Gasteiger partial charge in [0.1, 0.15) is 11.4 Å². The lowest BCUT2D eigenvalue weighted by Crippen LogP contribution is -2.23. The summed E-state index contributed by atoms with van der Waals surface area (Å²) in [6.07, 6.45) is 3.86. The second kappa shape index (κ2) is 7.35. The maximum absolute atomic E-state index is 12.2. The van der Waals surface area contributed by atoms with Crippen LogP contribution >= 0.6 is 11.3 Å². The molecule has 7 nitrogen and oxygen atoms in total. The van der Waals surface area contributed by atoms with Crippen molar-refractivity contribution in [3.8, 4) is 0 Å². The second-order valence-corrected chi connectivity index (χ2v) is 7.25. The number of benzene rings is 1. The van der Waals surface area contributed by atoms with Crippen LogP contribution in [0.3, 0.4) is 0 Å². The number of carbonyl (C=O) groups excluding carboxylic acids is 1. The first-order chi connectivity index (χ1) is 12.7. The molecular weight excluding hydrogens is 350 g/mol. The topological polar surface area (TPSA) is 84.2 Å². The Morgan fingerprint density at radius 2 is 2.19 bits per heavy atom. The Morgan fingerprint density at radius 1 is 1.35 bits per heavy atom. The molecule has 0 bridgehead atoms. The summed E-state index contributed by atoms with van der Waals surface area (Å²) in [4.78, 5) is 18.7. The van der Waals surface area contributed by atoms with Crippen molar-refractivity contribution in [3.05, 3.63) is 58.4 Å². The molecule has 26 heavy (non-hydrogen) atoms. The van der Waals surface area contributed by atoms with Gasteiger partial charge in [0.05, 0.1) is 6.04 Å². The van der Waals surface area contributed by atoms with Gasteiger partial charge in [-0.25, -0.2) is 9.61 Å². The molecule has 0 spiro atoms. The number of amides is 1. The summed E-state index contributed by atoms with van der Waals surface area (Å²) in [5.74, 6) is -0.144. The first-order valence-corrected chi connectivity index (χ1v) is 9.41. The molecule has 1 atom stereocenters. The lowest BCUT2D eigenvalue weighted by atomic mass is 10.1. The van der Waals surface area contributed by atoms with Gasteiger partial charge in [0.2, 0.25) is 0 Å². The minimum Gasteiger partial charge on any atom is -0.298 e. The molecular formula is C18H19N5O2S. The van der Waals surface area contributed by atoms with E-state index in [9.17, 15) is 4.79 Å². The van der Waals surface area contributed by atoms with Gasteiger partial charge in [-0.1, -0.05) is 22.4 Å². The number of anilines is 1. The number of aryl methyl sites for hydroxylation is 1. The number of nitrogens with one attached hydrogen (secondary N) is 1. The Labute approximate surface area is 155 Å². The number of hydrogen-bond acceptors (Lipinski definition) is 7. The quantitative estimate of drug-likeness (QED) is 0.742. The first kappa shape index (κ1) is 16.9. The number of nitrogens with zero attached hydrogens (tertiary/aromatic N) is 4. The van der Waals surface area contributed by atoms with E-state index in [1.54, 1.807) is 6.20 Å². The van der Waals surface area contributed by atoms with E-state index < -0.39 is 0 Å². The van der Waals surface area contributed by atoms with E-state index in [2.05, 4.69) is 25.5 Å². The van der Waals surface area contributed by atoms with Crippen molar-refractivity contribution in [3.63, 3.8) is 0 Å². The highest BCUT2D eigenvalue weighted by atomic mass is 32.1. The molecule has 1 aromatic carbocycles. The average molecular weight is 369 g/mol. The molecule has 2 aromatic heterocycles. The van der Waals surface area contributed by atoms with E-state index >= 15 is 0 Å². The normalized spacial score (nSPS) is 17.5. The molecule has 1 aliphatic rings. The lowest BCUT2D eigenvalue weighted by Gasteiger charge is -2.23. The minimum absolute atomic E-state index is 0.144. The van der Waals surface area contributed by atoms with Crippen LogP contribution in [0.2, 0.25) is 0 Å². The SMILES string of the molecule is Cc1nonc1C1CCCN1Cc1ccc(C(=O)Nc2nccs2)cc1. The molecule has 1 fully saturated rings. The van der Waals surface area contributed by atoms with Crippen molar-refractivity contribution >= 4 is 22.4 Å². The fourth-order valence-corrected chi connectivity index (χ4v) is 3.84. The van der Waals surface area contributed by atoms with Crippen LogP contribution in [0.15, 0.2) is 40.5 Å². The van der Waals surface area contributed by atoms with Crippen LogP contribution in [0.1, 0.15) is 46.2 Å². The molecule has 3 aromatic rings. The van der Waals surface area contributed by atoms with Crippen LogP contribution in [0, 0.1) is 6.92 Å². The average Bonchev–Trinajstić information content (AvgIpc) is 3.38. The zero-order valence-electron chi connectivity index (χ0n) is 14.4. The van der Waals surface area contributed by atoms with Gasteiger partial charge < -0.3 is 0 Å². The van der Waals surface area contributed by atoms with Crippen molar-refractivity contribution in [2.24, 2.45) is 0 Å². The largest absolute Gasteiger partial charge is 0.298 e. The van der Waals surface area contributed by atoms with E-state index in [-0.39, 0.29) is 11.9 Å². The van der Waals surface area contributed by atoms with E-state index in [0.717, 1.165) is 42.9 Å². The van der Waals surface area contributed by atoms with Gasteiger partial charge in [0, 0.05) is 23.7 Å². The van der Waals surface area contributed by atoms with Gasteiger partial charge in [-0.15, -0.1) is 11.3 Å². The van der Waals surface area contributed by atoms with E-state index in [4.69, 9.17) is 4.63 Å². The van der Waals surface area contributed by atoms with Crippen LogP contribution in [-0.2, 0) is 6.54 Å². The van der Waals surface area contributed by atoms with Gasteiger partial charge >= 0.3 is 0 Å². The molecule has 1 aliphatic heterocycles. The van der Waals surface area contributed by atoms with Crippen molar-refractivity contribution in [2.75, 3.05) is 11.9 Å². The van der Waals surface area contributed by atoms with Gasteiger partial charge in [-0.05, 0) is 44.0 Å². The molecule has 8 heteroatoms. The summed E-state index contributed by atoms with van der Waals surface area (Å²) in [5, 5.41) is 13.2. The highest BCUT2D eigenvalue weighted by Gasteiger charge is 2.30. The number of aromatic nitrogens is 3. The number of carbonyl (C=O) groups is 1. The zero-order valence-corrected chi connectivity index (χ0v) is 15.2. The summed E-state index contributed by atoms with van der Waals surface area (Å²) < 4.78 is 4.87. The molecule has 4 rings (SSSR count).